The molecule has 16 heavy (non-hydrogen) atoms. The second-order valence-corrected chi connectivity index (χ2v) is 5.68. The highest BCUT2D eigenvalue weighted by Gasteiger charge is 2.25. The van der Waals surface area contributed by atoms with Gasteiger partial charge in [-0.2, -0.15) is 11.8 Å². The molecule has 0 bridgehead atoms. The number of aliphatic hydroxyl groups excluding tert-OH is 1. The summed E-state index contributed by atoms with van der Waals surface area (Å²) in [6.45, 7) is 0.786. The molecule has 0 aliphatic carbocycles. The van der Waals surface area contributed by atoms with Crippen LogP contribution in [0.1, 0.15) is 23.7 Å². The lowest BCUT2D eigenvalue weighted by Crippen LogP contribution is -2.11. The van der Waals surface area contributed by atoms with Gasteiger partial charge in [0.25, 0.3) is 0 Å². The minimum Gasteiger partial charge on any atom is -0.493 e. The molecule has 3 heteroatoms. The smallest absolute Gasteiger partial charge is 0.122 e. The Hall–Kier alpha value is -0.670. The molecule has 0 radical (unpaired) electrons. The van der Waals surface area contributed by atoms with Crippen LogP contribution in [0.5, 0.6) is 5.75 Å². The first-order valence-corrected chi connectivity index (χ1v) is 7.01. The number of hydrogen-bond donors (Lipinski definition) is 1. The Morgan fingerprint density at radius 2 is 2.38 bits per heavy atom. The van der Waals surface area contributed by atoms with Gasteiger partial charge in [-0.25, -0.2) is 0 Å². The number of thioether (sulfide) groups is 1. The van der Waals surface area contributed by atoms with Crippen molar-refractivity contribution >= 4 is 11.8 Å². The monoisotopic (exact) mass is 236 g/mol. The highest BCUT2D eigenvalue weighted by atomic mass is 32.2. The predicted octanol–water partition coefficient (Wildman–Crippen LogP) is 2.41. The molecule has 2 heterocycles. The summed E-state index contributed by atoms with van der Waals surface area (Å²) >= 11 is 1.95. The normalized spacial score (nSPS) is 25.2. The van der Waals surface area contributed by atoms with Crippen molar-refractivity contribution in [1.29, 1.82) is 0 Å². The molecule has 2 unspecified atom stereocenters. The second kappa shape index (κ2) is 4.30. The van der Waals surface area contributed by atoms with Gasteiger partial charge in [-0.05, 0) is 47.1 Å². The van der Waals surface area contributed by atoms with E-state index in [1.807, 2.05) is 23.9 Å². The zero-order chi connectivity index (χ0) is 11.0. The Morgan fingerprint density at radius 1 is 1.44 bits per heavy atom. The third kappa shape index (κ3) is 1.82. The molecular formula is C13H16O2S. The summed E-state index contributed by atoms with van der Waals surface area (Å²) in [6.07, 6.45) is 1.83. The molecule has 1 saturated heterocycles. The predicted molar refractivity (Wildman–Crippen MR) is 66.0 cm³/mol. The number of rotatable bonds is 2. The first-order valence-electron chi connectivity index (χ1n) is 5.86. The van der Waals surface area contributed by atoms with Crippen molar-refractivity contribution in [1.82, 2.24) is 0 Å². The van der Waals surface area contributed by atoms with E-state index < -0.39 is 0 Å². The van der Waals surface area contributed by atoms with E-state index in [2.05, 4.69) is 6.07 Å². The standard InChI is InChI=1S/C13H16O2S/c14-13(11-4-6-16-8-11)10-1-2-12-9(7-10)3-5-15-12/h1-2,7,11,13-14H,3-6,8H2. The lowest BCUT2D eigenvalue weighted by atomic mass is 9.94. The number of aliphatic hydroxyl groups is 1. The van der Waals surface area contributed by atoms with E-state index in [1.165, 1.54) is 11.3 Å². The quantitative estimate of drug-likeness (QED) is 0.855. The van der Waals surface area contributed by atoms with Crippen molar-refractivity contribution in [3.8, 4) is 5.75 Å². The van der Waals surface area contributed by atoms with E-state index in [0.717, 1.165) is 36.5 Å². The maximum atomic E-state index is 10.3. The van der Waals surface area contributed by atoms with E-state index >= 15 is 0 Å². The van der Waals surface area contributed by atoms with E-state index in [0.29, 0.717) is 5.92 Å². The van der Waals surface area contributed by atoms with E-state index in [9.17, 15) is 5.11 Å². The molecule has 0 amide bonds. The molecule has 2 atom stereocenters. The largest absolute Gasteiger partial charge is 0.493 e. The van der Waals surface area contributed by atoms with Gasteiger partial charge in [0.05, 0.1) is 12.7 Å². The van der Waals surface area contributed by atoms with Gasteiger partial charge in [0.15, 0.2) is 0 Å². The summed E-state index contributed by atoms with van der Waals surface area (Å²) < 4.78 is 5.47. The fraction of sp³-hybridized carbons (Fsp3) is 0.538. The minimum atomic E-state index is -0.291. The average Bonchev–Trinajstić information content (AvgIpc) is 2.98. The summed E-state index contributed by atoms with van der Waals surface area (Å²) in [6, 6.07) is 6.14. The van der Waals surface area contributed by atoms with Gasteiger partial charge in [0.2, 0.25) is 0 Å². The number of fused-ring (bicyclic) bond motifs is 1. The molecule has 1 fully saturated rings. The third-order valence-electron chi connectivity index (χ3n) is 3.47. The van der Waals surface area contributed by atoms with Crippen LogP contribution in [-0.4, -0.2) is 23.2 Å². The van der Waals surface area contributed by atoms with E-state index in [1.54, 1.807) is 0 Å². The van der Waals surface area contributed by atoms with Crippen LogP contribution in [-0.2, 0) is 6.42 Å². The number of benzene rings is 1. The number of ether oxygens (including phenoxy) is 1. The van der Waals surface area contributed by atoms with Gasteiger partial charge in [-0.1, -0.05) is 6.07 Å². The van der Waals surface area contributed by atoms with Crippen molar-refractivity contribution in [2.75, 3.05) is 18.1 Å². The molecule has 3 rings (SSSR count). The van der Waals surface area contributed by atoms with Crippen molar-refractivity contribution in [3.63, 3.8) is 0 Å². The third-order valence-corrected chi connectivity index (χ3v) is 4.65. The number of hydrogen-bond acceptors (Lipinski definition) is 3. The summed E-state index contributed by atoms with van der Waals surface area (Å²) in [5.74, 6) is 3.71. The van der Waals surface area contributed by atoms with Crippen molar-refractivity contribution in [2.24, 2.45) is 5.92 Å². The topological polar surface area (TPSA) is 29.5 Å². The molecule has 2 aliphatic rings. The highest BCUT2D eigenvalue weighted by molar-refractivity contribution is 7.99. The molecule has 0 saturated carbocycles. The minimum absolute atomic E-state index is 0.291. The van der Waals surface area contributed by atoms with Crippen LogP contribution in [0.3, 0.4) is 0 Å². The molecule has 1 aromatic carbocycles. The van der Waals surface area contributed by atoms with Crippen LogP contribution in [0, 0.1) is 5.92 Å². The van der Waals surface area contributed by atoms with Crippen molar-refractivity contribution < 1.29 is 9.84 Å². The van der Waals surface area contributed by atoms with Gasteiger partial charge < -0.3 is 9.84 Å². The summed E-state index contributed by atoms with van der Waals surface area (Å²) in [5, 5.41) is 10.3. The first-order chi connectivity index (χ1) is 7.84. The Labute approximate surface area is 100 Å². The SMILES string of the molecule is OC(c1ccc2c(c1)CCO2)C1CCSC1. The maximum Gasteiger partial charge on any atom is 0.122 e. The second-order valence-electron chi connectivity index (χ2n) is 4.53. The zero-order valence-electron chi connectivity index (χ0n) is 9.19. The van der Waals surface area contributed by atoms with Crippen LogP contribution in [0.25, 0.3) is 0 Å². The molecule has 2 aliphatic heterocycles. The lowest BCUT2D eigenvalue weighted by molar-refractivity contribution is 0.121. The van der Waals surface area contributed by atoms with Gasteiger partial charge in [-0.15, -0.1) is 0 Å². The molecule has 0 spiro atoms. The van der Waals surface area contributed by atoms with Gasteiger partial charge >= 0.3 is 0 Å². The average molecular weight is 236 g/mol. The maximum absolute atomic E-state index is 10.3. The van der Waals surface area contributed by atoms with E-state index in [4.69, 9.17) is 4.74 Å². The van der Waals surface area contributed by atoms with Crippen molar-refractivity contribution in [2.45, 2.75) is 18.9 Å². The van der Waals surface area contributed by atoms with Crippen LogP contribution in [0.2, 0.25) is 0 Å². The zero-order valence-corrected chi connectivity index (χ0v) is 10.0. The van der Waals surface area contributed by atoms with Crippen LogP contribution < -0.4 is 4.74 Å². The molecule has 1 aromatic rings. The summed E-state index contributed by atoms with van der Waals surface area (Å²) in [4.78, 5) is 0. The highest BCUT2D eigenvalue weighted by Crippen LogP contribution is 2.36. The van der Waals surface area contributed by atoms with Crippen LogP contribution >= 0.6 is 11.8 Å². The lowest BCUT2D eigenvalue weighted by Gasteiger charge is -2.17. The fourth-order valence-electron chi connectivity index (χ4n) is 2.46. The van der Waals surface area contributed by atoms with Gasteiger partial charge in [0.1, 0.15) is 5.75 Å². The molecule has 2 nitrogen and oxygen atoms in total. The Bertz CT molecular complexity index is 386. The molecule has 1 N–H and O–H groups in total. The van der Waals surface area contributed by atoms with E-state index in [-0.39, 0.29) is 6.10 Å². The van der Waals surface area contributed by atoms with Gasteiger partial charge in [0, 0.05) is 6.42 Å². The Kier molecular flexibility index (Phi) is 2.82. The first kappa shape index (κ1) is 10.5. The summed E-state index contributed by atoms with van der Waals surface area (Å²) in [5.41, 5.74) is 2.32. The fourth-order valence-corrected chi connectivity index (χ4v) is 3.75. The molecule has 86 valence electrons. The Balaban J connectivity index is 1.83. The Morgan fingerprint density at radius 3 is 3.19 bits per heavy atom. The molecular weight excluding hydrogens is 220 g/mol. The van der Waals surface area contributed by atoms with Crippen molar-refractivity contribution in [3.05, 3.63) is 29.3 Å². The van der Waals surface area contributed by atoms with Crippen LogP contribution in [0.15, 0.2) is 18.2 Å². The van der Waals surface area contributed by atoms with Gasteiger partial charge in [-0.3, -0.25) is 0 Å². The van der Waals surface area contributed by atoms with Crippen LogP contribution in [0.4, 0.5) is 0 Å². The summed E-state index contributed by atoms with van der Waals surface area (Å²) in [7, 11) is 0. The molecule has 0 aromatic heterocycles.